The number of aryl methyl sites for hydroxylation is 1. The Morgan fingerprint density at radius 2 is 2.60 bits per heavy atom. The van der Waals surface area contributed by atoms with Crippen molar-refractivity contribution in [3.05, 3.63) is 11.8 Å². The average Bonchev–Trinajstić information content (AvgIpc) is 2.65. The number of anilines is 1. The fourth-order valence-corrected chi connectivity index (χ4v) is 1.36. The molecule has 0 aromatic carbocycles. The van der Waals surface area contributed by atoms with Crippen molar-refractivity contribution in [1.29, 1.82) is 0 Å². The van der Waals surface area contributed by atoms with Crippen molar-refractivity contribution >= 4 is 11.8 Å². The van der Waals surface area contributed by atoms with E-state index in [4.69, 9.17) is 9.26 Å². The lowest BCUT2D eigenvalue weighted by Gasteiger charge is -2.21. The standard InChI is InChI=1S/C9H13N3O3/c1-6-4-8(15-12-6)11-9(13)7-5-10-2-3-14-7/h4,7,10H,2-3,5H2,1H3,(H,11,13). The van der Waals surface area contributed by atoms with Gasteiger partial charge in [0.15, 0.2) is 0 Å². The zero-order valence-corrected chi connectivity index (χ0v) is 8.45. The molecule has 82 valence electrons. The highest BCUT2D eigenvalue weighted by Crippen LogP contribution is 2.09. The Morgan fingerprint density at radius 3 is 3.20 bits per heavy atom. The summed E-state index contributed by atoms with van der Waals surface area (Å²) in [4.78, 5) is 11.6. The minimum absolute atomic E-state index is 0.210. The van der Waals surface area contributed by atoms with Gasteiger partial charge in [0.2, 0.25) is 5.88 Å². The van der Waals surface area contributed by atoms with Gasteiger partial charge in [0.05, 0.1) is 12.3 Å². The summed E-state index contributed by atoms with van der Waals surface area (Å²) >= 11 is 0. The van der Waals surface area contributed by atoms with Crippen molar-refractivity contribution < 1.29 is 14.1 Å². The van der Waals surface area contributed by atoms with Gasteiger partial charge in [0.25, 0.3) is 5.91 Å². The van der Waals surface area contributed by atoms with Crippen LogP contribution in [0.15, 0.2) is 10.6 Å². The summed E-state index contributed by atoms with van der Waals surface area (Å²) in [7, 11) is 0. The van der Waals surface area contributed by atoms with E-state index in [0.29, 0.717) is 19.0 Å². The van der Waals surface area contributed by atoms with Crippen molar-refractivity contribution in [2.24, 2.45) is 0 Å². The fraction of sp³-hybridized carbons (Fsp3) is 0.556. The Labute approximate surface area is 87.0 Å². The SMILES string of the molecule is Cc1cc(NC(=O)C2CNCCO2)on1. The molecule has 1 fully saturated rings. The Balaban J connectivity index is 1.91. The Bertz CT molecular complexity index is 344. The van der Waals surface area contributed by atoms with Crippen LogP contribution in [0.1, 0.15) is 5.69 Å². The molecule has 2 rings (SSSR count). The Morgan fingerprint density at radius 1 is 1.73 bits per heavy atom. The molecule has 2 heterocycles. The first-order chi connectivity index (χ1) is 7.25. The molecule has 6 nitrogen and oxygen atoms in total. The smallest absolute Gasteiger partial charge is 0.257 e. The molecule has 1 aromatic rings. The molecule has 0 saturated carbocycles. The van der Waals surface area contributed by atoms with E-state index in [0.717, 1.165) is 12.2 Å². The topological polar surface area (TPSA) is 76.4 Å². The summed E-state index contributed by atoms with van der Waals surface area (Å²) in [6.45, 7) is 3.65. The summed E-state index contributed by atoms with van der Waals surface area (Å²) in [6, 6.07) is 1.66. The van der Waals surface area contributed by atoms with Gasteiger partial charge in [0.1, 0.15) is 6.10 Å². The number of nitrogens with zero attached hydrogens (tertiary/aromatic N) is 1. The predicted octanol–water partition coefficient (Wildman–Crippen LogP) is -0.0901. The molecule has 1 atom stereocenters. The van der Waals surface area contributed by atoms with Crippen LogP contribution in [0.3, 0.4) is 0 Å². The number of hydrogen-bond donors (Lipinski definition) is 2. The van der Waals surface area contributed by atoms with Crippen molar-refractivity contribution in [1.82, 2.24) is 10.5 Å². The maximum absolute atomic E-state index is 11.6. The molecule has 6 heteroatoms. The molecule has 1 amide bonds. The van der Waals surface area contributed by atoms with Gasteiger partial charge in [-0.25, -0.2) is 0 Å². The molecular weight excluding hydrogens is 198 g/mol. The number of hydrogen-bond acceptors (Lipinski definition) is 5. The number of amides is 1. The van der Waals surface area contributed by atoms with Crippen LogP contribution in [0, 0.1) is 6.92 Å². The van der Waals surface area contributed by atoms with E-state index in [2.05, 4.69) is 15.8 Å². The lowest BCUT2D eigenvalue weighted by atomic mass is 10.3. The quantitative estimate of drug-likeness (QED) is 0.715. The van der Waals surface area contributed by atoms with Gasteiger partial charge in [-0.1, -0.05) is 5.16 Å². The van der Waals surface area contributed by atoms with Crippen LogP contribution in [0.5, 0.6) is 0 Å². The monoisotopic (exact) mass is 211 g/mol. The third-order valence-corrected chi connectivity index (χ3v) is 2.09. The Kier molecular flexibility index (Phi) is 2.98. The zero-order valence-electron chi connectivity index (χ0n) is 8.45. The molecule has 0 aliphatic carbocycles. The molecule has 1 saturated heterocycles. The third-order valence-electron chi connectivity index (χ3n) is 2.09. The molecule has 1 aromatic heterocycles. The minimum Gasteiger partial charge on any atom is -0.366 e. The molecule has 0 spiro atoms. The van der Waals surface area contributed by atoms with E-state index in [1.165, 1.54) is 0 Å². The lowest BCUT2D eigenvalue weighted by molar-refractivity contribution is -0.128. The number of morpholine rings is 1. The number of nitrogens with one attached hydrogen (secondary N) is 2. The highest BCUT2D eigenvalue weighted by molar-refractivity contribution is 5.93. The molecule has 0 bridgehead atoms. The maximum Gasteiger partial charge on any atom is 0.257 e. The van der Waals surface area contributed by atoms with E-state index < -0.39 is 6.10 Å². The second-order valence-corrected chi connectivity index (χ2v) is 3.39. The van der Waals surface area contributed by atoms with Gasteiger partial charge in [-0.15, -0.1) is 0 Å². The van der Waals surface area contributed by atoms with E-state index in [1.54, 1.807) is 13.0 Å². The van der Waals surface area contributed by atoms with Crippen LogP contribution in [-0.2, 0) is 9.53 Å². The Hall–Kier alpha value is -1.40. The van der Waals surface area contributed by atoms with Crippen molar-refractivity contribution in [2.45, 2.75) is 13.0 Å². The van der Waals surface area contributed by atoms with Crippen LogP contribution in [-0.4, -0.2) is 36.9 Å². The normalized spacial score (nSPS) is 21.3. The van der Waals surface area contributed by atoms with Crippen LogP contribution in [0.4, 0.5) is 5.88 Å². The van der Waals surface area contributed by atoms with Gasteiger partial charge in [-0.05, 0) is 6.92 Å². The number of carbonyl (C=O) groups is 1. The van der Waals surface area contributed by atoms with Crippen LogP contribution in [0.25, 0.3) is 0 Å². The molecule has 1 aliphatic heterocycles. The van der Waals surface area contributed by atoms with E-state index in [-0.39, 0.29) is 5.91 Å². The third kappa shape index (κ3) is 2.54. The second kappa shape index (κ2) is 4.41. The van der Waals surface area contributed by atoms with E-state index >= 15 is 0 Å². The van der Waals surface area contributed by atoms with Crippen LogP contribution < -0.4 is 10.6 Å². The van der Waals surface area contributed by atoms with Gasteiger partial charge < -0.3 is 14.6 Å². The van der Waals surface area contributed by atoms with Crippen molar-refractivity contribution in [3.8, 4) is 0 Å². The molecule has 1 unspecified atom stereocenters. The van der Waals surface area contributed by atoms with Crippen LogP contribution in [0.2, 0.25) is 0 Å². The lowest BCUT2D eigenvalue weighted by Crippen LogP contribution is -2.45. The number of carbonyl (C=O) groups excluding carboxylic acids is 1. The first-order valence-corrected chi connectivity index (χ1v) is 4.82. The zero-order chi connectivity index (χ0) is 10.7. The van der Waals surface area contributed by atoms with Gasteiger partial charge in [-0.2, -0.15) is 0 Å². The number of aromatic nitrogens is 1. The molecule has 1 aliphatic rings. The van der Waals surface area contributed by atoms with Gasteiger partial charge in [-0.3, -0.25) is 10.1 Å². The minimum atomic E-state index is -0.454. The van der Waals surface area contributed by atoms with Gasteiger partial charge in [0, 0.05) is 19.2 Å². The number of ether oxygens (including phenoxy) is 1. The summed E-state index contributed by atoms with van der Waals surface area (Å²) in [5, 5.41) is 9.34. The summed E-state index contributed by atoms with van der Waals surface area (Å²) in [5.41, 5.74) is 0.730. The second-order valence-electron chi connectivity index (χ2n) is 3.39. The maximum atomic E-state index is 11.6. The number of rotatable bonds is 2. The van der Waals surface area contributed by atoms with Gasteiger partial charge >= 0.3 is 0 Å². The first kappa shape index (κ1) is 10.1. The van der Waals surface area contributed by atoms with Crippen molar-refractivity contribution in [3.63, 3.8) is 0 Å². The highest BCUT2D eigenvalue weighted by atomic mass is 16.5. The predicted molar refractivity (Wildman–Crippen MR) is 52.5 cm³/mol. The summed E-state index contributed by atoms with van der Waals surface area (Å²) in [6.07, 6.45) is -0.454. The molecule has 2 N–H and O–H groups in total. The summed E-state index contributed by atoms with van der Waals surface area (Å²) < 4.78 is 10.1. The van der Waals surface area contributed by atoms with E-state index in [9.17, 15) is 4.79 Å². The molecular formula is C9H13N3O3. The first-order valence-electron chi connectivity index (χ1n) is 4.82. The molecule has 15 heavy (non-hydrogen) atoms. The average molecular weight is 211 g/mol. The molecule has 0 radical (unpaired) electrons. The highest BCUT2D eigenvalue weighted by Gasteiger charge is 2.22. The van der Waals surface area contributed by atoms with Crippen molar-refractivity contribution in [2.75, 3.05) is 25.0 Å². The fourth-order valence-electron chi connectivity index (χ4n) is 1.36. The largest absolute Gasteiger partial charge is 0.366 e. The van der Waals surface area contributed by atoms with E-state index in [1.807, 2.05) is 0 Å². The van der Waals surface area contributed by atoms with Crippen LogP contribution >= 0.6 is 0 Å². The summed E-state index contributed by atoms with van der Waals surface area (Å²) in [5.74, 6) is 0.144.